The van der Waals surface area contributed by atoms with E-state index in [0.717, 1.165) is 22.9 Å². The van der Waals surface area contributed by atoms with Crippen LogP contribution in [0.25, 0.3) is 5.57 Å². The first kappa shape index (κ1) is 12.1. The molecule has 0 amide bonds. The van der Waals surface area contributed by atoms with Crippen LogP contribution in [0, 0.1) is 6.92 Å². The van der Waals surface area contributed by atoms with Crippen LogP contribution in [-0.2, 0) is 0 Å². The molecule has 0 N–H and O–H groups in total. The van der Waals surface area contributed by atoms with Gasteiger partial charge in [0.2, 0.25) is 0 Å². The molecule has 15 heavy (non-hydrogen) atoms. The van der Waals surface area contributed by atoms with Crippen LogP contribution in [0.5, 0.6) is 0 Å². The lowest BCUT2D eigenvalue weighted by Crippen LogP contribution is -1.80. The first-order valence-electron chi connectivity index (χ1n) is 5.26. The number of aromatic nitrogens is 2. The van der Waals surface area contributed by atoms with Gasteiger partial charge in [-0.1, -0.05) is 36.0 Å². The van der Waals surface area contributed by atoms with Gasteiger partial charge in [0.15, 0.2) is 0 Å². The van der Waals surface area contributed by atoms with Gasteiger partial charge in [-0.3, -0.25) is 0 Å². The fourth-order valence-corrected chi connectivity index (χ4v) is 1.98. The van der Waals surface area contributed by atoms with E-state index in [1.54, 1.807) is 11.3 Å². The lowest BCUT2D eigenvalue weighted by atomic mass is 10.1. The SMILES string of the molecule is CCC=C(C)CC=C(C)c1nnc(C)s1. The van der Waals surface area contributed by atoms with E-state index < -0.39 is 0 Å². The molecule has 0 aliphatic carbocycles. The highest BCUT2D eigenvalue weighted by Gasteiger charge is 2.01. The molecule has 0 saturated heterocycles. The van der Waals surface area contributed by atoms with Crippen molar-refractivity contribution >= 4 is 16.9 Å². The van der Waals surface area contributed by atoms with E-state index in [1.807, 2.05) is 6.92 Å². The van der Waals surface area contributed by atoms with Crippen molar-refractivity contribution < 1.29 is 0 Å². The van der Waals surface area contributed by atoms with Crippen LogP contribution in [0.2, 0.25) is 0 Å². The Morgan fingerprint density at radius 2 is 2.00 bits per heavy atom. The molecule has 0 bridgehead atoms. The van der Waals surface area contributed by atoms with Crippen molar-refractivity contribution in [3.63, 3.8) is 0 Å². The van der Waals surface area contributed by atoms with E-state index in [0.29, 0.717) is 0 Å². The Bertz CT molecular complexity index is 375. The van der Waals surface area contributed by atoms with Gasteiger partial charge >= 0.3 is 0 Å². The largest absolute Gasteiger partial charge is 0.144 e. The predicted molar refractivity (Wildman–Crippen MR) is 67.0 cm³/mol. The molecule has 1 rings (SSSR count). The Labute approximate surface area is 95.7 Å². The van der Waals surface area contributed by atoms with Gasteiger partial charge in [-0.05, 0) is 39.2 Å². The predicted octanol–water partition coefficient (Wildman–Crippen LogP) is 4.00. The van der Waals surface area contributed by atoms with Crippen LogP contribution in [0.4, 0.5) is 0 Å². The summed E-state index contributed by atoms with van der Waals surface area (Å²) in [6, 6.07) is 0. The third kappa shape index (κ3) is 3.96. The molecule has 3 heteroatoms. The normalized spacial score (nSPS) is 13.3. The fourth-order valence-electron chi connectivity index (χ4n) is 1.29. The summed E-state index contributed by atoms with van der Waals surface area (Å²) in [6.45, 7) is 8.41. The molecular weight excluding hydrogens is 204 g/mol. The molecule has 0 aliphatic heterocycles. The second kappa shape index (κ2) is 5.81. The van der Waals surface area contributed by atoms with Crippen LogP contribution < -0.4 is 0 Å². The highest BCUT2D eigenvalue weighted by atomic mass is 32.1. The highest BCUT2D eigenvalue weighted by Crippen LogP contribution is 2.19. The number of nitrogens with zero attached hydrogens (tertiary/aromatic N) is 2. The smallest absolute Gasteiger partial charge is 0.143 e. The summed E-state index contributed by atoms with van der Waals surface area (Å²) in [4.78, 5) is 0. The van der Waals surface area contributed by atoms with Gasteiger partial charge in [0, 0.05) is 0 Å². The van der Waals surface area contributed by atoms with Gasteiger partial charge in [0.05, 0.1) is 0 Å². The van der Waals surface area contributed by atoms with E-state index in [1.165, 1.54) is 11.1 Å². The average molecular weight is 222 g/mol. The molecule has 1 aromatic rings. The quantitative estimate of drug-likeness (QED) is 0.720. The zero-order valence-electron chi connectivity index (χ0n) is 9.87. The number of hydrogen-bond acceptors (Lipinski definition) is 3. The van der Waals surface area contributed by atoms with Crippen molar-refractivity contribution in [2.45, 2.75) is 40.5 Å². The standard InChI is InChI=1S/C12H18N2S/c1-5-6-9(2)7-8-10(3)12-14-13-11(4)15-12/h6,8H,5,7H2,1-4H3. The Kier molecular flexibility index (Phi) is 4.69. The summed E-state index contributed by atoms with van der Waals surface area (Å²) in [5.41, 5.74) is 2.64. The third-order valence-corrected chi connectivity index (χ3v) is 3.12. The molecule has 0 atom stereocenters. The van der Waals surface area contributed by atoms with Crippen LogP contribution in [0.1, 0.15) is 43.6 Å². The maximum Gasteiger partial charge on any atom is 0.143 e. The van der Waals surface area contributed by atoms with Crippen LogP contribution >= 0.6 is 11.3 Å². The Balaban J connectivity index is 2.64. The van der Waals surface area contributed by atoms with Crippen LogP contribution in [0.15, 0.2) is 17.7 Å². The maximum absolute atomic E-state index is 4.12. The minimum Gasteiger partial charge on any atom is -0.144 e. The molecule has 0 fully saturated rings. The fraction of sp³-hybridized carbons (Fsp3) is 0.500. The van der Waals surface area contributed by atoms with E-state index in [-0.39, 0.29) is 0 Å². The zero-order valence-corrected chi connectivity index (χ0v) is 10.7. The maximum atomic E-state index is 4.12. The van der Waals surface area contributed by atoms with E-state index in [2.05, 4.69) is 43.1 Å². The number of rotatable bonds is 4. The second-order valence-electron chi connectivity index (χ2n) is 3.68. The third-order valence-electron chi connectivity index (χ3n) is 2.15. The number of allylic oxidation sites excluding steroid dienone is 4. The van der Waals surface area contributed by atoms with Crippen molar-refractivity contribution in [1.29, 1.82) is 0 Å². The van der Waals surface area contributed by atoms with Gasteiger partial charge < -0.3 is 0 Å². The Hall–Kier alpha value is -0.960. The molecule has 82 valence electrons. The van der Waals surface area contributed by atoms with Crippen molar-refractivity contribution in [2.24, 2.45) is 0 Å². The summed E-state index contributed by atoms with van der Waals surface area (Å²) in [5.74, 6) is 0. The Morgan fingerprint density at radius 3 is 2.53 bits per heavy atom. The van der Waals surface area contributed by atoms with Crippen LogP contribution in [0.3, 0.4) is 0 Å². The van der Waals surface area contributed by atoms with Gasteiger partial charge in [-0.25, -0.2) is 0 Å². The lowest BCUT2D eigenvalue weighted by Gasteiger charge is -1.97. The van der Waals surface area contributed by atoms with E-state index in [4.69, 9.17) is 0 Å². The molecule has 0 spiro atoms. The average Bonchev–Trinajstić information content (AvgIpc) is 2.62. The minimum atomic E-state index is 1.01. The molecular formula is C12H18N2S. The molecule has 0 unspecified atom stereocenters. The topological polar surface area (TPSA) is 25.8 Å². The molecule has 1 aromatic heterocycles. The van der Waals surface area contributed by atoms with Crippen LogP contribution in [-0.4, -0.2) is 10.2 Å². The number of hydrogen-bond donors (Lipinski definition) is 0. The lowest BCUT2D eigenvalue weighted by molar-refractivity contribution is 1.03. The summed E-state index contributed by atoms with van der Waals surface area (Å²) in [5, 5.41) is 10.2. The monoisotopic (exact) mass is 222 g/mol. The summed E-state index contributed by atoms with van der Waals surface area (Å²) in [6.07, 6.45) is 6.60. The van der Waals surface area contributed by atoms with Gasteiger partial charge in [0.1, 0.15) is 10.0 Å². The highest BCUT2D eigenvalue weighted by molar-refractivity contribution is 7.12. The summed E-state index contributed by atoms with van der Waals surface area (Å²) < 4.78 is 0. The summed E-state index contributed by atoms with van der Waals surface area (Å²) in [7, 11) is 0. The van der Waals surface area contributed by atoms with Crippen molar-refractivity contribution in [3.8, 4) is 0 Å². The Morgan fingerprint density at radius 1 is 1.27 bits per heavy atom. The van der Waals surface area contributed by atoms with Gasteiger partial charge in [-0.15, -0.1) is 10.2 Å². The second-order valence-corrected chi connectivity index (χ2v) is 4.86. The summed E-state index contributed by atoms with van der Waals surface area (Å²) >= 11 is 1.65. The first-order chi connectivity index (χ1) is 7.13. The zero-order chi connectivity index (χ0) is 11.3. The van der Waals surface area contributed by atoms with Crippen molar-refractivity contribution in [1.82, 2.24) is 10.2 Å². The molecule has 0 radical (unpaired) electrons. The van der Waals surface area contributed by atoms with E-state index in [9.17, 15) is 0 Å². The number of aryl methyl sites for hydroxylation is 1. The molecule has 0 aromatic carbocycles. The van der Waals surface area contributed by atoms with Gasteiger partial charge in [-0.2, -0.15) is 0 Å². The molecule has 0 saturated carbocycles. The van der Waals surface area contributed by atoms with Crippen molar-refractivity contribution in [3.05, 3.63) is 27.7 Å². The van der Waals surface area contributed by atoms with Crippen molar-refractivity contribution in [2.75, 3.05) is 0 Å². The van der Waals surface area contributed by atoms with Gasteiger partial charge in [0.25, 0.3) is 0 Å². The molecule has 2 nitrogen and oxygen atoms in total. The van der Waals surface area contributed by atoms with E-state index >= 15 is 0 Å². The minimum absolute atomic E-state index is 1.01. The molecule has 1 heterocycles. The first-order valence-corrected chi connectivity index (χ1v) is 6.08. The molecule has 0 aliphatic rings.